The second-order valence-electron chi connectivity index (χ2n) is 9.17. The van der Waals surface area contributed by atoms with E-state index in [9.17, 15) is 30.6 Å². The van der Waals surface area contributed by atoms with Crippen LogP contribution in [0.25, 0.3) is 0 Å². The lowest BCUT2D eigenvalue weighted by molar-refractivity contribution is -0.228. The molecule has 0 amide bonds. The van der Waals surface area contributed by atoms with Gasteiger partial charge in [-0.25, -0.2) is 0 Å². The summed E-state index contributed by atoms with van der Waals surface area (Å²) in [6.07, 6.45) is -0.649. The van der Waals surface area contributed by atoms with Gasteiger partial charge >= 0.3 is 0 Å². The van der Waals surface area contributed by atoms with Crippen LogP contribution in [-0.4, -0.2) is 66.8 Å². The van der Waals surface area contributed by atoms with Crippen molar-refractivity contribution in [3.05, 3.63) is 82.9 Å². The van der Waals surface area contributed by atoms with E-state index < -0.39 is 36.1 Å². The topological polar surface area (TPSA) is 121 Å². The van der Waals surface area contributed by atoms with Crippen molar-refractivity contribution in [3.63, 3.8) is 0 Å². The highest BCUT2D eigenvalue weighted by Crippen LogP contribution is 2.35. The van der Waals surface area contributed by atoms with Crippen LogP contribution in [0.4, 0.5) is 0 Å². The molecule has 0 aliphatic carbocycles. The average molecular weight is 473 g/mol. The van der Waals surface area contributed by atoms with Gasteiger partial charge in [-0.05, 0) is 48.4 Å². The van der Waals surface area contributed by atoms with Gasteiger partial charge in [0.1, 0.15) is 29.5 Å². The summed E-state index contributed by atoms with van der Waals surface area (Å²) in [5.74, 6) is 0. The zero-order chi connectivity index (χ0) is 25.4. The highest BCUT2D eigenvalue weighted by molar-refractivity contribution is 5.29. The van der Waals surface area contributed by atoms with Crippen LogP contribution in [0.15, 0.2) is 60.7 Å². The summed E-state index contributed by atoms with van der Waals surface area (Å²) in [4.78, 5) is 0. The standard InChI is InChI=1S/C28H40O6/c1-4-7-14-27(33,17-22-12-8-10-20(5-2)15-22)26(32)28(34,25(31)24(30)19-29)18-23-13-9-11-21(6-3)16-23/h4,7-13,15-16,24-26,29-34H,5-6,14,17-19H2,1-3H3/b7-4+/t24-,25+,26+,27?,28+/m0/s1. The van der Waals surface area contributed by atoms with Crippen LogP contribution in [-0.2, 0) is 25.7 Å². The summed E-state index contributed by atoms with van der Waals surface area (Å²) < 4.78 is 0. The van der Waals surface area contributed by atoms with Gasteiger partial charge in [0, 0.05) is 12.8 Å². The summed E-state index contributed by atoms with van der Waals surface area (Å²) in [6.45, 7) is 4.99. The molecule has 34 heavy (non-hydrogen) atoms. The number of hydrogen-bond acceptors (Lipinski definition) is 6. The Hall–Kier alpha value is -2.06. The Balaban J connectivity index is 2.54. The molecule has 6 heteroatoms. The van der Waals surface area contributed by atoms with Crippen molar-refractivity contribution in [1.82, 2.24) is 0 Å². The molecule has 0 heterocycles. The van der Waals surface area contributed by atoms with E-state index in [1.165, 1.54) is 0 Å². The van der Waals surface area contributed by atoms with E-state index in [-0.39, 0.29) is 19.3 Å². The first-order chi connectivity index (χ1) is 16.1. The van der Waals surface area contributed by atoms with Crippen LogP contribution in [0, 0.1) is 0 Å². The van der Waals surface area contributed by atoms with E-state index in [2.05, 4.69) is 0 Å². The van der Waals surface area contributed by atoms with Gasteiger partial charge in [0.25, 0.3) is 0 Å². The highest BCUT2D eigenvalue weighted by atomic mass is 16.4. The molecular formula is C28H40O6. The van der Waals surface area contributed by atoms with E-state index in [1.54, 1.807) is 25.1 Å². The molecule has 0 aliphatic rings. The van der Waals surface area contributed by atoms with Gasteiger partial charge in [-0.15, -0.1) is 0 Å². The minimum Gasteiger partial charge on any atom is -0.394 e. The van der Waals surface area contributed by atoms with Crippen molar-refractivity contribution in [2.75, 3.05) is 6.61 Å². The van der Waals surface area contributed by atoms with Crippen molar-refractivity contribution in [2.45, 2.75) is 82.4 Å². The Kier molecular flexibility index (Phi) is 10.4. The lowest BCUT2D eigenvalue weighted by atomic mass is 9.71. The Bertz CT molecular complexity index is 929. The summed E-state index contributed by atoms with van der Waals surface area (Å²) in [6, 6.07) is 15.0. The average Bonchev–Trinajstić information content (AvgIpc) is 2.86. The number of benzene rings is 2. The van der Waals surface area contributed by atoms with Crippen molar-refractivity contribution in [2.24, 2.45) is 0 Å². The molecule has 0 bridgehead atoms. The van der Waals surface area contributed by atoms with Crippen LogP contribution in [0.3, 0.4) is 0 Å². The lowest BCUT2D eigenvalue weighted by Crippen LogP contribution is -2.66. The first-order valence-corrected chi connectivity index (χ1v) is 12.0. The molecule has 0 aliphatic heterocycles. The number of aliphatic hydroxyl groups excluding tert-OH is 4. The largest absolute Gasteiger partial charge is 0.394 e. The van der Waals surface area contributed by atoms with Crippen molar-refractivity contribution in [3.8, 4) is 0 Å². The van der Waals surface area contributed by atoms with Gasteiger partial charge in [-0.3, -0.25) is 0 Å². The molecule has 2 rings (SSSR count). The highest BCUT2D eigenvalue weighted by Gasteiger charge is 2.53. The molecule has 2 aromatic rings. The Labute approximate surface area is 202 Å². The molecule has 0 saturated carbocycles. The zero-order valence-electron chi connectivity index (χ0n) is 20.4. The molecule has 2 aromatic carbocycles. The maximum absolute atomic E-state index is 11.7. The maximum atomic E-state index is 11.7. The number of hydrogen-bond donors (Lipinski definition) is 6. The van der Waals surface area contributed by atoms with Crippen LogP contribution in [0.1, 0.15) is 49.4 Å². The van der Waals surface area contributed by atoms with E-state index in [4.69, 9.17) is 0 Å². The van der Waals surface area contributed by atoms with Gasteiger partial charge < -0.3 is 30.6 Å². The number of allylic oxidation sites excluding steroid dienone is 1. The van der Waals surface area contributed by atoms with Crippen LogP contribution in [0.2, 0.25) is 0 Å². The molecule has 6 N–H and O–H groups in total. The third-order valence-electron chi connectivity index (χ3n) is 6.55. The normalized spacial score (nSPS) is 18.3. The Morgan fingerprint density at radius 1 is 0.824 bits per heavy atom. The van der Waals surface area contributed by atoms with Crippen molar-refractivity contribution >= 4 is 0 Å². The zero-order valence-corrected chi connectivity index (χ0v) is 20.4. The quantitative estimate of drug-likeness (QED) is 0.248. The Morgan fingerprint density at radius 2 is 1.32 bits per heavy atom. The second kappa shape index (κ2) is 12.6. The van der Waals surface area contributed by atoms with Gasteiger partial charge in [0.05, 0.1) is 6.61 Å². The minimum absolute atomic E-state index is 0.0142. The summed E-state index contributed by atoms with van der Waals surface area (Å²) in [5, 5.41) is 65.5. The first kappa shape index (κ1) is 28.2. The van der Waals surface area contributed by atoms with Crippen molar-refractivity contribution in [1.29, 1.82) is 0 Å². The summed E-state index contributed by atoms with van der Waals surface area (Å²) in [5.41, 5.74) is -0.710. The number of rotatable bonds is 13. The summed E-state index contributed by atoms with van der Waals surface area (Å²) >= 11 is 0. The minimum atomic E-state index is -2.34. The predicted molar refractivity (Wildman–Crippen MR) is 133 cm³/mol. The molecule has 6 nitrogen and oxygen atoms in total. The van der Waals surface area contributed by atoms with Crippen LogP contribution < -0.4 is 0 Å². The third-order valence-corrected chi connectivity index (χ3v) is 6.55. The molecule has 0 radical (unpaired) electrons. The molecule has 5 atom stereocenters. The predicted octanol–water partition coefficient (Wildman–Crippen LogP) is 2.10. The SMILES string of the molecule is C/C=C/CC(O)(Cc1cccc(CC)c1)[C@@H](O)[C@@](O)(Cc1cccc(CC)c1)[C@H](O)[C@@H](O)CO. The van der Waals surface area contributed by atoms with E-state index >= 15 is 0 Å². The molecule has 1 unspecified atom stereocenters. The molecule has 0 saturated heterocycles. The second-order valence-corrected chi connectivity index (χ2v) is 9.17. The maximum Gasteiger partial charge on any atom is 0.126 e. The van der Waals surface area contributed by atoms with Gasteiger partial charge in [-0.2, -0.15) is 0 Å². The summed E-state index contributed by atoms with van der Waals surface area (Å²) in [7, 11) is 0. The van der Waals surface area contributed by atoms with Crippen LogP contribution >= 0.6 is 0 Å². The fourth-order valence-electron chi connectivity index (χ4n) is 4.46. The fraction of sp³-hybridized carbons (Fsp3) is 0.500. The van der Waals surface area contributed by atoms with E-state index in [1.807, 2.05) is 56.3 Å². The molecule has 0 spiro atoms. The van der Waals surface area contributed by atoms with Gasteiger partial charge in [0.15, 0.2) is 0 Å². The molecule has 188 valence electrons. The van der Waals surface area contributed by atoms with E-state index in [0.717, 1.165) is 29.5 Å². The van der Waals surface area contributed by atoms with Crippen LogP contribution in [0.5, 0.6) is 0 Å². The number of aryl methyl sites for hydroxylation is 2. The molecule has 0 aromatic heterocycles. The molecular weight excluding hydrogens is 432 g/mol. The first-order valence-electron chi connectivity index (χ1n) is 12.0. The smallest absolute Gasteiger partial charge is 0.126 e. The lowest BCUT2D eigenvalue weighted by Gasteiger charge is -2.46. The Morgan fingerprint density at radius 3 is 1.79 bits per heavy atom. The van der Waals surface area contributed by atoms with Gasteiger partial charge in [0.2, 0.25) is 0 Å². The third kappa shape index (κ3) is 6.75. The molecule has 0 fully saturated rings. The number of aliphatic hydroxyl groups is 6. The monoisotopic (exact) mass is 472 g/mol. The fourth-order valence-corrected chi connectivity index (χ4v) is 4.46. The van der Waals surface area contributed by atoms with E-state index in [0.29, 0.717) is 5.56 Å². The van der Waals surface area contributed by atoms with Gasteiger partial charge in [-0.1, -0.05) is 74.5 Å². The van der Waals surface area contributed by atoms with Crippen molar-refractivity contribution < 1.29 is 30.6 Å².